The molecule has 0 spiro atoms. The van der Waals surface area contributed by atoms with Gasteiger partial charge in [-0.15, -0.1) is 0 Å². The van der Waals surface area contributed by atoms with Crippen molar-refractivity contribution in [3.05, 3.63) is 23.9 Å². The average Bonchev–Trinajstić information content (AvgIpc) is 2.33. The minimum Gasteiger partial charge on any atom is -0.383 e. The first kappa shape index (κ1) is 13.9. The van der Waals surface area contributed by atoms with Gasteiger partial charge in [0.15, 0.2) is 0 Å². The van der Waals surface area contributed by atoms with Gasteiger partial charge in [-0.3, -0.25) is 0 Å². The number of nitrogens with zero attached hydrogens (tertiary/aromatic N) is 2. The number of aromatic nitrogens is 1. The third-order valence-corrected chi connectivity index (χ3v) is 3.12. The maximum atomic E-state index is 6.12. The van der Waals surface area contributed by atoms with Crippen molar-refractivity contribution < 1.29 is 0 Å². The van der Waals surface area contributed by atoms with Gasteiger partial charge in [-0.2, -0.15) is 0 Å². The van der Waals surface area contributed by atoms with Gasteiger partial charge in [0.1, 0.15) is 5.82 Å². The predicted octanol–water partition coefficient (Wildman–Crippen LogP) is 1.27. The highest BCUT2D eigenvalue weighted by Crippen LogP contribution is 2.10. The van der Waals surface area contributed by atoms with Crippen LogP contribution in [0.3, 0.4) is 0 Å². The molecule has 1 unspecified atom stereocenters. The van der Waals surface area contributed by atoms with Crippen LogP contribution in [-0.2, 0) is 6.42 Å². The van der Waals surface area contributed by atoms with Crippen LogP contribution in [0.5, 0.6) is 0 Å². The molecule has 0 aliphatic rings. The van der Waals surface area contributed by atoms with Crippen molar-refractivity contribution in [3.63, 3.8) is 0 Å². The van der Waals surface area contributed by atoms with E-state index in [0.29, 0.717) is 5.82 Å². The topological polar surface area (TPSA) is 68.2 Å². The predicted molar refractivity (Wildman–Crippen MR) is 72.7 cm³/mol. The Balaban J connectivity index is 2.39. The molecule has 1 heterocycles. The zero-order valence-electron chi connectivity index (χ0n) is 10.9. The molecule has 4 heteroatoms. The Morgan fingerprint density at radius 2 is 2.06 bits per heavy atom. The number of pyridine rings is 1. The number of rotatable bonds is 7. The van der Waals surface area contributed by atoms with Crippen LogP contribution in [0.2, 0.25) is 0 Å². The van der Waals surface area contributed by atoms with Crippen LogP contribution in [0.1, 0.15) is 25.8 Å². The maximum Gasteiger partial charge on any atom is 0.126 e. The highest BCUT2D eigenvalue weighted by Gasteiger charge is 2.08. The van der Waals surface area contributed by atoms with Gasteiger partial charge in [0.2, 0.25) is 0 Å². The van der Waals surface area contributed by atoms with E-state index in [1.54, 1.807) is 6.20 Å². The highest BCUT2D eigenvalue weighted by atomic mass is 15.1. The van der Waals surface area contributed by atoms with Gasteiger partial charge < -0.3 is 16.4 Å². The van der Waals surface area contributed by atoms with Gasteiger partial charge in [-0.05, 0) is 44.1 Å². The summed E-state index contributed by atoms with van der Waals surface area (Å²) >= 11 is 0. The number of nitrogens with two attached hydrogens (primary N) is 2. The Morgan fingerprint density at radius 1 is 1.35 bits per heavy atom. The van der Waals surface area contributed by atoms with Crippen molar-refractivity contribution in [1.29, 1.82) is 0 Å². The molecule has 1 atom stereocenters. The lowest BCUT2D eigenvalue weighted by atomic mass is 10.0. The second-order valence-corrected chi connectivity index (χ2v) is 4.33. The molecule has 0 radical (unpaired) electrons. The van der Waals surface area contributed by atoms with E-state index in [1.165, 1.54) is 0 Å². The minimum absolute atomic E-state index is 0.155. The molecule has 96 valence electrons. The van der Waals surface area contributed by atoms with E-state index in [4.69, 9.17) is 11.5 Å². The van der Waals surface area contributed by atoms with Gasteiger partial charge in [-0.1, -0.05) is 19.9 Å². The molecule has 0 saturated heterocycles. The van der Waals surface area contributed by atoms with Crippen molar-refractivity contribution in [2.45, 2.75) is 32.7 Å². The van der Waals surface area contributed by atoms with Crippen molar-refractivity contribution in [2.75, 3.05) is 25.4 Å². The summed E-state index contributed by atoms with van der Waals surface area (Å²) in [7, 11) is 0. The lowest BCUT2D eigenvalue weighted by molar-refractivity contribution is 0.290. The zero-order chi connectivity index (χ0) is 12.7. The number of hydrogen-bond acceptors (Lipinski definition) is 4. The van der Waals surface area contributed by atoms with Gasteiger partial charge in [0.05, 0.1) is 0 Å². The summed E-state index contributed by atoms with van der Waals surface area (Å²) in [5.41, 5.74) is 13.0. The molecule has 1 rings (SSSR count). The van der Waals surface area contributed by atoms with Crippen LogP contribution in [0.4, 0.5) is 5.82 Å². The van der Waals surface area contributed by atoms with Crippen LogP contribution in [0.25, 0.3) is 0 Å². The van der Waals surface area contributed by atoms with E-state index in [0.717, 1.165) is 38.0 Å². The molecule has 0 aliphatic heterocycles. The van der Waals surface area contributed by atoms with Crippen molar-refractivity contribution in [2.24, 2.45) is 5.73 Å². The normalized spacial score (nSPS) is 12.9. The van der Waals surface area contributed by atoms with E-state index in [-0.39, 0.29) is 6.04 Å². The summed E-state index contributed by atoms with van der Waals surface area (Å²) in [6.45, 7) is 7.56. The van der Waals surface area contributed by atoms with Gasteiger partial charge in [0, 0.05) is 12.2 Å². The lowest BCUT2D eigenvalue weighted by Crippen LogP contribution is -2.31. The average molecular weight is 236 g/mol. The fourth-order valence-electron chi connectivity index (χ4n) is 1.90. The molecule has 0 amide bonds. The SMILES string of the molecule is CCN(CC)CCC(N)Cc1cccnc1N. The Hall–Kier alpha value is -1.13. The summed E-state index contributed by atoms with van der Waals surface area (Å²) in [5, 5.41) is 0. The Kier molecular flexibility index (Phi) is 5.94. The first-order chi connectivity index (χ1) is 8.17. The molecule has 0 aromatic carbocycles. The molecule has 17 heavy (non-hydrogen) atoms. The maximum absolute atomic E-state index is 6.12. The Labute approximate surface area is 104 Å². The van der Waals surface area contributed by atoms with E-state index >= 15 is 0 Å². The van der Waals surface area contributed by atoms with E-state index in [2.05, 4.69) is 23.7 Å². The van der Waals surface area contributed by atoms with Gasteiger partial charge >= 0.3 is 0 Å². The van der Waals surface area contributed by atoms with Gasteiger partial charge in [0.25, 0.3) is 0 Å². The number of nitrogen functional groups attached to an aromatic ring is 1. The number of anilines is 1. The molecule has 4 nitrogen and oxygen atoms in total. The third kappa shape index (κ3) is 4.71. The standard InChI is InChI=1S/C13H24N4/c1-3-17(4-2)9-7-12(14)10-11-6-5-8-16-13(11)15/h5-6,8,12H,3-4,7,9-10,14H2,1-2H3,(H2,15,16). The highest BCUT2D eigenvalue weighted by molar-refractivity contribution is 5.38. The first-order valence-electron chi connectivity index (χ1n) is 6.34. The van der Waals surface area contributed by atoms with Crippen LogP contribution >= 0.6 is 0 Å². The monoisotopic (exact) mass is 236 g/mol. The van der Waals surface area contributed by atoms with Crippen LogP contribution in [0.15, 0.2) is 18.3 Å². The summed E-state index contributed by atoms with van der Waals surface area (Å²) in [6, 6.07) is 4.06. The largest absolute Gasteiger partial charge is 0.383 e. The Morgan fingerprint density at radius 3 is 2.65 bits per heavy atom. The second kappa shape index (κ2) is 7.25. The fourth-order valence-corrected chi connectivity index (χ4v) is 1.90. The Bertz CT molecular complexity index is 323. The first-order valence-corrected chi connectivity index (χ1v) is 6.34. The molecule has 0 fully saturated rings. The van der Waals surface area contributed by atoms with E-state index < -0.39 is 0 Å². The van der Waals surface area contributed by atoms with E-state index in [1.807, 2.05) is 12.1 Å². The summed E-state index contributed by atoms with van der Waals surface area (Å²) < 4.78 is 0. The third-order valence-electron chi connectivity index (χ3n) is 3.12. The summed E-state index contributed by atoms with van der Waals surface area (Å²) in [4.78, 5) is 6.45. The molecule has 4 N–H and O–H groups in total. The van der Waals surface area contributed by atoms with Crippen LogP contribution < -0.4 is 11.5 Å². The number of hydrogen-bond donors (Lipinski definition) is 2. The second-order valence-electron chi connectivity index (χ2n) is 4.33. The fraction of sp³-hybridized carbons (Fsp3) is 0.615. The molecule has 1 aromatic heterocycles. The smallest absolute Gasteiger partial charge is 0.126 e. The minimum atomic E-state index is 0.155. The molecule has 0 aliphatic carbocycles. The summed E-state index contributed by atoms with van der Waals surface area (Å²) in [5.74, 6) is 0.603. The quantitative estimate of drug-likeness (QED) is 0.748. The molecular weight excluding hydrogens is 212 g/mol. The molecule has 1 aromatic rings. The molecule has 0 saturated carbocycles. The summed E-state index contributed by atoms with van der Waals surface area (Å²) in [6.07, 6.45) is 3.51. The van der Waals surface area contributed by atoms with Crippen molar-refractivity contribution in [3.8, 4) is 0 Å². The zero-order valence-corrected chi connectivity index (χ0v) is 10.9. The van der Waals surface area contributed by atoms with Crippen molar-refractivity contribution in [1.82, 2.24) is 9.88 Å². The lowest BCUT2D eigenvalue weighted by Gasteiger charge is -2.20. The van der Waals surface area contributed by atoms with Crippen LogP contribution in [0, 0.1) is 0 Å². The molecular formula is C13H24N4. The van der Waals surface area contributed by atoms with Crippen LogP contribution in [-0.4, -0.2) is 35.6 Å². The van der Waals surface area contributed by atoms with Gasteiger partial charge in [-0.25, -0.2) is 4.98 Å². The molecule has 0 bridgehead atoms. The van der Waals surface area contributed by atoms with E-state index in [9.17, 15) is 0 Å². The van der Waals surface area contributed by atoms with Crippen molar-refractivity contribution >= 4 is 5.82 Å².